The molecule has 0 radical (unpaired) electrons. The van der Waals surface area contributed by atoms with E-state index in [1.807, 2.05) is 0 Å². The number of carbonyl (C=O) groups is 2. The Morgan fingerprint density at radius 1 is 1.37 bits per heavy atom. The van der Waals surface area contributed by atoms with Crippen LogP contribution in [-0.4, -0.2) is 60.8 Å². The van der Waals surface area contributed by atoms with Gasteiger partial charge in [-0.2, -0.15) is 0 Å². The molecule has 0 saturated carbocycles. The normalized spacial score (nSPS) is 24.5. The van der Waals surface area contributed by atoms with Crippen molar-refractivity contribution in [3.05, 3.63) is 53.8 Å². The lowest BCUT2D eigenvalue weighted by atomic mass is 9.71. The molecule has 2 amide bonds. The van der Waals surface area contributed by atoms with Gasteiger partial charge in [0.15, 0.2) is 6.61 Å². The van der Waals surface area contributed by atoms with Crippen LogP contribution in [0.5, 0.6) is 5.75 Å². The van der Waals surface area contributed by atoms with E-state index in [0.717, 1.165) is 12.5 Å². The van der Waals surface area contributed by atoms with Crippen LogP contribution in [0.15, 0.2) is 43.0 Å². The van der Waals surface area contributed by atoms with Gasteiger partial charge in [-0.25, -0.2) is 4.39 Å². The number of halogens is 2. The first-order valence-corrected chi connectivity index (χ1v) is 12.0. The quantitative estimate of drug-likeness (QED) is 0.204. The smallest absolute Gasteiger partial charge is 0.258 e. The number of nitrogens with one attached hydrogen (secondary N) is 3. The van der Waals surface area contributed by atoms with Crippen LogP contribution in [0.3, 0.4) is 0 Å². The van der Waals surface area contributed by atoms with Gasteiger partial charge < -0.3 is 31.5 Å². The number of rotatable bonds is 13. The molecular weight excluding hydrogens is 475 g/mol. The second-order valence-electron chi connectivity index (χ2n) is 9.26. The van der Waals surface area contributed by atoms with Crippen molar-refractivity contribution in [2.75, 3.05) is 26.2 Å². The van der Waals surface area contributed by atoms with Gasteiger partial charge in [0.2, 0.25) is 5.91 Å². The number of ether oxygens (including phenoxy) is 1. The first-order chi connectivity index (χ1) is 16.5. The fraction of sp³-hybridized carbons (Fsp3) is 0.520. The highest BCUT2D eigenvalue weighted by Crippen LogP contribution is 2.35. The monoisotopic (exact) mass is 510 g/mol. The summed E-state index contributed by atoms with van der Waals surface area (Å²) in [5, 5.41) is 19.6. The molecule has 35 heavy (non-hydrogen) atoms. The number of aliphatic hydroxyl groups excluding tert-OH is 1. The highest BCUT2D eigenvalue weighted by Gasteiger charge is 2.45. The second kappa shape index (κ2) is 13.0. The van der Waals surface area contributed by atoms with Gasteiger partial charge in [0.25, 0.3) is 5.91 Å². The molecule has 2 rings (SSSR count). The lowest BCUT2D eigenvalue weighted by Gasteiger charge is -2.41. The SMILES string of the molecule is C=CCC(N)CNCCCNC(=O)C1(C)C=CC(C)(NC(=O)COc2ccc(Cl)c(F)c2)CC1O. The Morgan fingerprint density at radius 3 is 2.77 bits per heavy atom. The highest BCUT2D eigenvalue weighted by molar-refractivity contribution is 6.30. The minimum atomic E-state index is -1.12. The van der Waals surface area contributed by atoms with Crippen LogP contribution in [0.2, 0.25) is 5.02 Å². The van der Waals surface area contributed by atoms with E-state index in [2.05, 4.69) is 22.5 Å². The van der Waals surface area contributed by atoms with E-state index in [-0.39, 0.29) is 35.7 Å². The summed E-state index contributed by atoms with van der Waals surface area (Å²) < 4.78 is 18.8. The summed E-state index contributed by atoms with van der Waals surface area (Å²) in [6.07, 6.45) is 5.69. The van der Waals surface area contributed by atoms with Crippen molar-refractivity contribution in [1.29, 1.82) is 0 Å². The van der Waals surface area contributed by atoms with Crippen LogP contribution in [-0.2, 0) is 9.59 Å². The number of benzene rings is 1. The summed E-state index contributed by atoms with van der Waals surface area (Å²) in [5.74, 6) is -1.21. The Hall–Kier alpha value is -2.46. The van der Waals surface area contributed by atoms with Gasteiger partial charge in [-0.15, -0.1) is 6.58 Å². The molecule has 4 atom stereocenters. The number of hydrogen-bond donors (Lipinski definition) is 5. The Balaban J connectivity index is 1.81. The van der Waals surface area contributed by atoms with E-state index in [9.17, 15) is 19.1 Å². The molecule has 6 N–H and O–H groups in total. The molecule has 8 nitrogen and oxygen atoms in total. The average Bonchev–Trinajstić information content (AvgIpc) is 2.79. The van der Waals surface area contributed by atoms with Crippen molar-refractivity contribution in [2.45, 2.75) is 50.8 Å². The molecule has 0 fully saturated rings. The molecule has 0 heterocycles. The van der Waals surface area contributed by atoms with Gasteiger partial charge in [0, 0.05) is 31.6 Å². The predicted octanol–water partition coefficient (Wildman–Crippen LogP) is 2.06. The zero-order valence-corrected chi connectivity index (χ0v) is 21.0. The molecular formula is C25H36ClFN4O4. The van der Waals surface area contributed by atoms with E-state index in [0.29, 0.717) is 26.1 Å². The average molecular weight is 511 g/mol. The molecule has 4 unspecified atom stereocenters. The summed E-state index contributed by atoms with van der Waals surface area (Å²) in [4.78, 5) is 25.2. The van der Waals surface area contributed by atoms with Gasteiger partial charge in [-0.3, -0.25) is 9.59 Å². The van der Waals surface area contributed by atoms with Crippen LogP contribution in [0.1, 0.15) is 33.1 Å². The van der Waals surface area contributed by atoms with Gasteiger partial charge in [0.05, 0.1) is 22.1 Å². The van der Waals surface area contributed by atoms with E-state index < -0.39 is 28.8 Å². The van der Waals surface area contributed by atoms with E-state index in [1.165, 1.54) is 12.1 Å². The summed E-state index contributed by atoms with van der Waals surface area (Å²) in [5.41, 5.74) is 3.89. The first-order valence-electron chi connectivity index (χ1n) is 11.6. The first kappa shape index (κ1) is 28.8. The summed E-state index contributed by atoms with van der Waals surface area (Å²) in [7, 11) is 0. The van der Waals surface area contributed by atoms with Gasteiger partial charge in [-0.05, 0) is 45.4 Å². The number of aliphatic hydroxyl groups is 1. The predicted molar refractivity (Wildman–Crippen MR) is 135 cm³/mol. The Labute approximate surface area is 211 Å². The van der Waals surface area contributed by atoms with E-state index in [1.54, 1.807) is 32.1 Å². The zero-order chi connectivity index (χ0) is 26.1. The largest absolute Gasteiger partial charge is 0.484 e. The molecule has 1 aliphatic carbocycles. The van der Waals surface area contributed by atoms with Crippen molar-refractivity contribution >= 4 is 23.4 Å². The third kappa shape index (κ3) is 8.61. The number of carbonyl (C=O) groups excluding carboxylic acids is 2. The fourth-order valence-corrected chi connectivity index (χ4v) is 3.85. The number of hydrogen-bond acceptors (Lipinski definition) is 6. The molecule has 1 aromatic carbocycles. The lowest BCUT2D eigenvalue weighted by molar-refractivity contribution is -0.134. The van der Waals surface area contributed by atoms with Crippen LogP contribution >= 0.6 is 11.6 Å². The van der Waals surface area contributed by atoms with E-state index in [4.69, 9.17) is 22.1 Å². The van der Waals surface area contributed by atoms with Crippen LogP contribution in [0.25, 0.3) is 0 Å². The minimum absolute atomic E-state index is 0.0188. The van der Waals surface area contributed by atoms with Crippen molar-refractivity contribution in [2.24, 2.45) is 11.1 Å². The summed E-state index contributed by atoms with van der Waals surface area (Å²) >= 11 is 5.64. The number of amides is 2. The molecule has 1 aliphatic rings. The van der Waals surface area contributed by atoms with Crippen molar-refractivity contribution in [3.8, 4) is 5.75 Å². The third-order valence-electron chi connectivity index (χ3n) is 5.97. The van der Waals surface area contributed by atoms with E-state index >= 15 is 0 Å². The summed E-state index contributed by atoms with van der Waals surface area (Å²) in [6.45, 7) is 8.55. The summed E-state index contributed by atoms with van der Waals surface area (Å²) in [6, 6.07) is 3.92. The lowest BCUT2D eigenvalue weighted by Crippen LogP contribution is -2.56. The Morgan fingerprint density at radius 2 is 2.11 bits per heavy atom. The fourth-order valence-electron chi connectivity index (χ4n) is 3.73. The Bertz CT molecular complexity index is 931. The molecule has 10 heteroatoms. The van der Waals surface area contributed by atoms with Gasteiger partial charge >= 0.3 is 0 Å². The molecule has 0 saturated heterocycles. The van der Waals surface area contributed by atoms with Crippen molar-refractivity contribution in [3.63, 3.8) is 0 Å². The molecule has 194 valence electrons. The van der Waals surface area contributed by atoms with Crippen LogP contribution in [0, 0.1) is 11.2 Å². The highest BCUT2D eigenvalue weighted by atomic mass is 35.5. The van der Waals surface area contributed by atoms with Gasteiger partial charge in [0.1, 0.15) is 11.6 Å². The molecule has 0 aromatic heterocycles. The number of nitrogens with two attached hydrogens (primary N) is 1. The molecule has 1 aromatic rings. The molecule has 0 aliphatic heterocycles. The maximum Gasteiger partial charge on any atom is 0.258 e. The molecule has 0 bridgehead atoms. The third-order valence-corrected chi connectivity index (χ3v) is 6.28. The topological polar surface area (TPSA) is 126 Å². The second-order valence-corrected chi connectivity index (χ2v) is 9.67. The van der Waals surface area contributed by atoms with Gasteiger partial charge in [-0.1, -0.05) is 29.8 Å². The van der Waals surface area contributed by atoms with Crippen molar-refractivity contribution < 1.29 is 23.8 Å². The van der Waals surface area contributed by atoms with Crippen LogP contribution in [0.4, 0.5) is 4.39 Å². The minimum Gasteiger partial charge on any atom is -0.484 e. The Kier molecular flexibility index (Phi) is 10.7. The maximum atomic E-state index is 13.5. The van der Waals surface area contributed by atoms with Crippen LogP contribution < -0.4 is 26.4 Å². The zero-order valence-electron chi connectivity index (χ0n) is 20.3. The maximum absolute atomic E-state index is 13.5. The van der Waals surface area contributed by atoms with Crippen molar-refractivity contribution in [1.82, 2.24) is 16.0 Å². The molecule has 0 spiro atoms. The standard InChI is InChI=1S/C25H36ClFN4O4/c1-4-6-17(28)15-29-11-5-12-30-23(34)25(3)10-9-24(2,14-21(25)32)31-22(33)16-35-18-7-8-19(26)20(27)13-18/h4,7-10,13,17,21,29,32H,1,5-6,11-12,14-16,28H2,2-3H3,(H,30,34)(H,31,33).